The summed E-state index contributed by atoms with van der Waals surface area (Å²) >= 11 is 0. The van der Waals surface area contributed by atoms with Gasteiger partial charge in [-0.3, -0.25) is 0 Å². The van der Waals surface area contributed by atoms with Crippen LogP contribution < -0.4 is 19.6 Å². The van der Waals surface area contributed by atoms with Gasteiger partial charge >= 0.3 is 0 Å². The lowest BCUT2D eigenvalue weighted by Gasteiger charge is -2.32. The third-order valence-electron chi connectivity index (χ3n) is 13.7. The summed E-state index contributed by atoms with van der Waals surface area (Å²) in [5, 5.41) is 4.82. The molecular formula is C66H52N4. The molecule has 0 heterocycles. The molecule has 0 spiro atoms. The van der Waals surface area contributed by atoms with E-state index in [1.165, 1.54) is 44.1 Å². The zero-order valence-electron chi connectivity index (χ0n) is 39.0. The van der Waals surface area contributed by atoms with Crippen LogP contribution in [-0.2, 0) is 6.42 Å². The van der Waals surface area contributed by atoms with E-state index in [1.54, 1.807) is 0 Å². The lowest BCUT2D eigenvalue weighted by atomic mass is 9.94. The van der Waals surface area contributed by atoms with E-state index in [4.69, 9.17) is 0 Å². The fourth-order valence-corrected chi connectivity index (χ4v) is 10.4. The van der Waals surface area contributed by atoms with Gasteiger partial charge in [0, 0.05) is 67.7 Å². The van der Waals surface area contributed by atoms with Gasteiger partial charge < -0.3 is 19.6 Å². The molecule has 0 amide bonds. The molecule has 10 aromatic rings. The minimum absolute atomic E-state index is 1.03. The van der Waals surface area contributed by atoms with Crippen molar-refractivity contribution in [3.63, 3.8) is 0 Å². The number of hydrogen-bond acceptors (Lipinski definition) is 4. The van der Waals surface area contributed by atoms with E-state index in [0.717, 1.165) is 82.6 Å². The number of hydrogen-bond donors (Lipinski definition) is 0. The van der Waals surface area contributed by atoms with E-state index in [-0.39, 0.29) is 0 Å². The first-order chi connectivity index (χ1) is 34.7. The van der Waals surface area contributed by atoms with Crippen molar-refractivity contribution >= 4 is 90.2 Å². The van der Waals surface area contributed by atoms with Gasteiger partial charge in [-0.25, -0.2) is 0 Å². The smallest absolute Gasteiger partial charge is 0.0540 e. The summed E-state index contributed by atoms with van der Waals surface area (Å²) in [5.74, 6) is 0. The maximum atomic E-state index is 2.46. The van der Waals surface area contributed by atoms with Gasteiger partial charge in [-0.05, 0) is 169 Å². The van der Waals surface area contributed by atoms with Gasteiger partial charge in [0.2, 0.25) is 0 Å². The van der Waals surface area contributed by atoms with E-state index in [9.17, 15) is 0 Å². The van der Waals surface area contributed by atoms with E-state index >= 15 is 0 Å². The molecule has 0 atom stereocenters. The molecule has 4 nitrogen and oxygen atoms in total. The second-order valence-electron chi connectivity index (χ2n) is 18.0. The van der Waals surface area contributed by atoms with Crippen molar-refractivity contribution in [1.82, 2.24) is 0 Å². The summed E-state index contributed by atoms with van der Waals surface area (Å²) in [7, 11) is 0. The van der Waals surface area contributed by atoms with Gasteiger partial charge in [0.25, 0.3) is 0 Å². The van der Waals surface area contributed by atoms with Crippen molar-refractivity contribution in [2.75, 3.05) is 19.6 Å². The maximum absolute atomic E-state index is 2.46. The fraction of sp³-hybridized carbons (Fsp3) is 0.0606. The molecule has 10 aromatic carbocycles. The van der Waals surface area contributed by atoms with Gasteiger partial charge in [-0.1, -0.05) is 146 Å². The first kappa shape index (κ1) is 42.5. The predicted molar refractivity (Wildman–Crippen MR) is 298 cm³/mol. The number of nitrogens with zero attached hydrogens (tertiary/aromatic N) is 4. The van der Waals surface area contributed by atoms with Crippen LogP contribution in [0, 0.1) is 0 Å². The molecular weight excluding hydrogens is 849 g/mol. The van der Waals surface area contributed by atoms with Crippen molar-refractivity contribution in [3.8, 4) is 0 Å². The highest BCUT2D eigenvalue weighted by Gasteiger charge is 2.23. The Kier molecular flexibility index (Phi) is 11.6. The quantitative estimate of drug-likeness (QED) is 0.121. The Labute approximate surface area is 411 Å². The predicted octanol–water partition coefficient (Wildman–Crippen LogP) is 18.7. The summed E-state index contributed by atoms with van der Waals surface area (Å²) < 4.78 is 0. The molecule has 0 N–H and O–H groups in total. The van der Waals surface area contributed by atoms with Crippen LogP contribution in [0.3, 0.4) is 0 Å². The molecule has 0 aromatic heterocycles. The average Bonchev–Trinajstić information content (AvgIpc) is 3.43. The molecule has 2 aliphatic rings. The zero-order chi connectivity index (χ0) is 46.6. The van der Waals surface area contributed by atoms with Crippen molar-refractivity contribution in [1.29, 1.82) is 0 Å². The molecule has 0 fully saturated rings. The highest BCUT2D eigenvalue weighted by Crippen LogP contribution is 2.45. The van der Waals surface area contributed by atoms with Crippen molar-refractivity contribution in [2.24, 2.45) is 0 Å². The molecule has 12 rings (SSSR count). The zero-order valence-corrected chi connectivity index (χ0v) is 39.0. The Hall–Kier alpha value is -8.86. The van der Waals surface area contributed by atoms with E-state index in [2.05, 4.69) is 287 Å². The minimum atomic E-state index is 1.03. The van der Waals surface area contributed by atoms with E-state index < -0.39 is 0 Å². The van der Waals surface area contributed by atoms with Gasteiger partial charge in [0.05, 0.1) is 11.4 Å². The molecule has 336 valence electrons. The van der Waals surface area contributed by atoms with Crippen molar-refractivity contribution in [3.05, 3.63) is 278 Å². The van der Waals surface area contributed by atoms with Gasteiger partial charge in [0.1, 0.15) is 0 Å². The Balaban J connectivity index is 0.977. The number of fused-ring (bicyclic) bond motifs is 3. The van der Waals surface area contributed by atoms with Crippen LogP contribution in [0.1, 0.15) is 30.4 Å². The SMILES string of the molecule is C1=CC(N(c2ccc(N(c3ccc(N(c4ccccc4)c4cccc5ccccc45)cc3)c3ccc(N(c4ccccc4)c4cccc5ccccc45)cc3)cc2)c2cccc3c2CCC=C3)=CCC1. The van der Waals surface area contributed by atoms with Crippen LogP contribution in [0.15, 0.2) is 267 Å². The highest BCUT2D eigenvalue weighted by molar-refractivity contribution is 6.00. The minimum Gasteiger partial charge on any atom is -0.311 e. The first-order valence-electron chi connectivity index (χ1n) is 24.5. The topological polar surface area (TPSA) is 13.0 Å². The number of anilines is 11. The van der Waals surface area contributed by atoms with E-state index in [0.29, 0.717) is 0 Å². The van der Waals surface area contributed by atoms with Crippen LogP contribution >= 0.6 is 0 Å². The monoisotopic (exact) mass is 900 g/mol. The number of allylic oxidation sites excluding steroid dienone is 4. The molecule has 0 aliphatic heterocycles. The lowest BCUT2D eigenvalue weighted by Crippen LogP contribution is -2.19. The third kappa shape index (κ3) is 8.20. The van der Waals surface area contributed by atoms with Crippen LogP contribution in [-0.4, -0.2) is 0 Å². The normalized spacial score (nSPS) is 12.9. The molecule has 0 saturated heterocycles. The number of benzene rings is 10. The molecule has 0 unspecified atom stereocenters. The second kappa shape index (κ2) is 19.0. The molecule has 0 bridgehead atoms. The average molecular weight is 901 g/mol. The van der Waals surface area contributed by atoms with Crippen molar-refractivity contribution in [2.45, 2.75) is 25.7 Å². The summed E-state index contributed by atoms with van der Waals surface area (Å²) in [6, 6.07) is 85.7. The van der Waals surface area contributed by atoms with Gasteiger partial charge in [-0.15, -0.1) is 0 Å². The molecule has 4 heteroatoms. The largest absolute Gasteiger partial charge is 0.311 e. The van der Waals surface area contributed by atoms with Gasteiger partial charge in [0.15, 0.2) is 0 Å². The van der Waals surface area contributed by atoms with Crippen LogP contribution in [0.2, 0.25) is 0 Å². The second-order valence-corrected chi connectivity index (χ2v) is 18.0. The van der Waals surface area contributed by atoms with Crippen molar-refractivity contribution < 1.29 is 0 Å². The molecule has 0 radical (unpaired) electrons. The highest BCUT2D eigenvalue weighted by atomic mass is 15.2. The Morgan fingerprint density at radius 1 is 0.271 bits per heavy atom. The first-order valence-corrected chi connectivity index (χ1v) is 24.5. The lowest BCUT2D eigenvalue weighted by molar-refractivity contribution is 0.962. The Morgan fingerprint density at radius 2 is 0.671 bits per heavy atom. The van der Waals surface area contributed by atoms with Crippen LogP contribution in [0.4, 0.5) is 62.6 Å². The molecule has 70 heavy (non-hydrogen) atoms. The standard InChI is InChI=1S/C66H52N4/c1-4-25-52(26-5-1)68(64-34-16-22-49-19-10-13-31-61(49)64)58-43-37-55(38-44-58)67(56-39-45-59(46-40-56)69(53-27-6-2-7-28-53)65-35-17-23-50-20-11-14-32-62(50)65)57-41-47-60(48-42-57)70(54-29-8-3-9-30-54)66-36-18-24-51-21-12-15-33-63(51)66/h1-2,4-8,10-14,16-32,34-48H,3,9,15,33H2. The Morgan fingerprint density at radius 3 is 1.17 bits per heavy atom. The summed E-state index contributed by atoms with van der Waals surface area (Å²) in [6.07, 6.45) is 15.7. The van der Waals surface area contributed by atoms with Crippen LogP contribution in [0.5, 0.6) is 0 Å². The molecule has 2 aliphatic carbocycles. The summed E-state index contributed by atoms with van der Waals surface area (Å²) in [4.78, 5) is 9.58. The number of rotatable bonds is 12. The fourth-order valence-electron chi connectivity index (χ4n) is 10.4. The Bertz CT molecular complexity index is 3360. The molecule has 0 saturated carbocycles. The third-order valence-corrected chi connectivity index (χ3v) is 13.7. The summed E-state index contributed by atoms with van der Waals surface area (Å²) in [5.41, 5.74) is 16.1. The number of para-hydroxylation sites is 2. The van der Waals surface area contributed by atoms with Gasteiger partial charge in [-0.2, -0.15) is 0 Å². The summed E-state index contributed by atoms with van der Waals surface area (Å²) in [6.45, 7) is 0. The maximum Gasteiger partial charge on any atom is 0.0540 e. The van der Waals surface area contributed by atoms with Crippen LogP contribution in [0.25, 0.3) is 27.6 Å². The van der Waals surface area contributed by atoms with E-state index in [1.807, 2.05) is 0 Å².